The summed E-state index contributed by atoms with van der Waals surface area (Å²) in [5.41, 5.74) is -0.166. The average Bonchev–Trinajstić information content (AvgIpc) is 3.65. The second-order valence-electron chi connectivity index (χ2n) is 10.8. The molecule has 2 aliphatic heterocycles. The minimum Gasteiger partial charge on any atom is -0.453 e. The maximum absolute atomic E-state index is 15.3. The van der Waals surface area contributed by atoms with Crippen molar-refractivity contribution in [3.8, 4) is 0 Å². The maximum atomic E-state index is 15.3. The molecule has 5 rings (SSSR count). The highest BCUT2D eigenvalue weighted by Crippen LogP contribution is 2.31. The van der Waals surface area contributed by atoms with Crippen LogP contribution in [-0.4, -0.2) is 102 Å². The summed E-state index contributed by atoms with van der Waals surface area (Å²) in [6.07, 6.45) is 3.21. The van der Waals surface area contributed by atoms with Crippen LogP contribution in [0.15, 0.2) is 36.8 Å². The number of alkyl carbamates (subject to hydrolysis) is 1. The molecule has 4 amide bonds. The number of fused-ring (bicyclic) bond motifs is 1. The molecule has 0 radical (unpaired) electrons. The Morgan fingerprint density at radius 3 is 2.51 bits per heavy atom. The number of ether oxygens (including phenoxy) is 2. The number of imidazole rings is 1. The lowest BCUT2D eigenvalue weighted by molar-refractivity contribution is -0.134. The van der Waals surface area contributed by atoms with Crippen molar-refractivity contribution >= 4 is 41.2 Å². The lowest BCUT2D eigenvalue weighted by Crippen LogP contribution is -2.57. The van der Waals surface area contributed by atoms with E-state index in [1.807, 2.05) is 13.8 Å². The smallest absolute Gasteiger partial charge is 0.414 e. The van der Waals surface area contributed by atoms with Gasteiger partial charge in [0.15, 0.2) is 11.6 Å². The van der Waals surface area contributed by atoms with Gasteiger partial charge in [-0.05, 0) is 12.0 Å². The Balaban J connectivity index is 1.22. The molecule has 1 unspecified atom stereocenters. The van der Waals surface area contributed by atoms with Crippen LogP contribution in [0.1, 0.15) is 30.8 Å². The molecular formula is C29H34F2N8O6. The highest BCUT2D eigenvalue weighted by Gasteiger charge is 2.36. The quantitative estimate of drug-likeness (QED) is 0.364. The number of benzene rings is 1. The zero-order chi connectivity index (χ0) is 32.2. The molecular weight excluding hydrogens is 594 g/mol. The summed E-state index contributed by atoms with van der Waals surface area (Å²) in [6.45, 7) is 4.37. The Hall–Kier alpha value is -5.02. The Labute approximate surface area is 257 Å². The molecule has 2 N–H and O–H groups in total. The van der Waals surface area contributed by atoms with Gasteiger partial charge in [-0.15, -0.1) is 0 Å². The molecule has 2 saturated heterocycles. The first-order chi connectivity index (χ1) is 21.6. The second-order valence-corrected chi connectivity index (χ2v) is 10.8. The summed E-state index contributed by atoms with van der Waals surface area (Å²) in [4.78, 5) is 62.8. The Bertz CT molecular complexity index is 1540. The molecule has 240 valence electrons. The number of halogens is 2. The number of anilines is 2. The molecule has 2 aromatic heterocycles. The van der Waals surface area contributed by atoms with Gasteiger partial charge in [0.05, 0.1) is 25.9 Å². The van der Waals surface area contributed by atoms with Crippen LogP contribution in [0.5, 0.6) is 0 Å². The molecule has 16 heteroatoms. The summed E-state index contributed by atoms with van der Waals surface area (Å²) in [6, 6.07) is 2.99. The van der Waals surface area contributed by atoms with Crippen molar-refractivity contribution in [1.29, 1.82) is 0 Å². The maximum Gasteiger partial charge on any atom is 0.414 e. The van der Waals surface area contributed by atoms with Crippen molar-refractivity contribution in [3.63, 3.8) is 0 Å². The lowest BCUT2D eigenvalue weighted by Gasteiger charge is -2.38. The first-order valence-corrected chi connectivity index (χ1v) is 14.5. The topological polar surface area (TPSA) is 151 Å². The zero-order valence-corrected chi connectivity index (χ0v) is 25.0. The molecule has 14 nitrogen and oxygen atoms in total. The van der Waals surface area contributed by atoms with Crippen molar-refractivity contribution in [2.75, 3.05) is 56.2 Å². The fourth-order valence-corrected chi connectivity index (χ4v) is 5.30. The van der Waals surface area contributed by atoms with E-state index in [2.05, 4.69) is 25.3 Å². The highest BCUT2D eigenvalue weighted by atomic mass is 19.1. The molecule has 2 aliphatic rings. The first-order valence-electron chi connectivity index (χ1n) is 14.5. The van der Waals surface area contributed by atoms with E-state index < -0.39 is 41.9 Å². The third-order valence-corrected chi connectivity index (χ3v) is 7.99. The summed E-state index contributed by atoms with van der Waals surface area (Å²) in [5, 5.41) is 5.24. The summed E-state index contributed by atoms with van der Waals surface area (Å²) in [5.74, 6) is -2.38. The fourth-order valence-electron chi connectivity index (χ4n) is 5.30. The number of cyclic esters (lactones) is 1. The Kier molecular flexibility index (Phi) is 9.29. The SMILES string of the molecule is CCC(C)[C@H](NC(=O)c1cn2cccnc2n1)C(=O)N1CCN(c2c(F)cc(N3C[C@H](CNC(=O)OC)OC3=O)cc2F)CC1. The van der Waals surface area contributed by atoms with Gasteiger partial charge in [-0.2, -0.15) is 0 Å². The van der Waals surface area contributed by atoms with Crippen molar-refractivity contribution in [2.24, 2.45) is 5.92 Å². The molecule has 3 atom stereocenters. The molecule has 3 aromatic rings. The van der Waals surface area contributed by atoms with E-state index in [9.17, 15) is 19.2 Å². The van der Waals surface area contributed by atoms with Gasteiger partial charge in [0.1, 0.15) is 23.5 Å². The number of nitrogens with one attached hydrogen (secondary N) is 2. The van der Waals surface area contributed by atoms with Gasteiger partial charge in [-0.25, -0.2) is 28.3 Å². The number of hydrogen-bond donors (Lipinski definition) is 2. The molecule has 4 heterocycles. The average molecular weight is 629 g/mol. The largest absolute Gasteiger partial charge is 0.453 e. The summed E-state index contributed by atoms with van der Waals surface area (Å²) >= 11 is 0. The third kappa shape index (κ3) is 6.73. The van der Waals surface area contributed by atoms with E-state index in [1.54, 1.807) is 27.8 Å². The van der Waals surface area contributed by atoms with E-state index in [-0.39, 0.29) is 68.2 Å². The van der Waals surface area contributed by atoms with Crippen LogP contribution >= 0.6 is 0 Å². The number of rotatable bonds is 9. The van der Waals surface area contributed by atoms with Crippen LogP contribution in [-0.2, 0) is 14.3 Å². The van der Waals surface area contributed by atoms with E-state index in [1.165, 1.54) is 18.2 Å². The Morgan fingerprint density at radius 2 is 1.87 bits per heavy atom. The predicted octanol–water partition coefficient (Wildman–Crippen LogP) is 2.18. The molecule has 45 heavy (non-hydrogen) atoms. The van der Waals surface area contributed by atoms with Crippen LogP contribution < -0.4 is 20.4 Å². The van der Waals surface area contributed by atoms with Crippen LogP contribution in [0.2, 0.25) is 0 Å². The standard InChI is InChI=1S/C29H34F2N8O6/c1-4-17(2)23(35-25(40)22-16-38-7-5-6-32-27(38)34-22)26(41)37-10-8-36(9-11-37)24-20(30)12-18(13-21(24)31)39-15-19(45-29(39)43)14-33-28(42)44-3/h5-7,12-13,16-17,19,23H,4,8-11,14-15H2,1-3H3,(H,33,42)(H,35,40)/t17?,19-,23-/m0/s1. The van der Waals surface area contributed by atoms with E-state index >= 15 is 8.78 Å². The Morgan fingerprint density at radius 1 is 1.16 bits per heavy atom. The highest BCUT2D eigenvalue weighted by molar-refractivity contribution is 5.96. The summed E-state index contributed by atoms with van der Waals surface area (Å²) in [7, 11) is 1.19. The second kappa shape index (κ2) is 13.3. The number of amides is 4. The summed E-state index contributed by atoms with van der Waals surface area (Å²) < 4.78 is 41.9. The van der Waals surface area contributed by atoms with Crippen LogP contribution in [0.4, 0.5) is 29.7 Å². The number of piperazine rings is 1. The number of nitrogens with zero attached hydrogens (tertiary/aromatic N) is 6. The number of carbonyl (C=O) groups excluding carboxylic acids is 4. The van der Waals surface area contributed by atoms with Gasteiger partial charge >= 0.3 is 12.2 Å². The molecule has 0 saturated carbocycles. The van der Waals surface area contributed by atoms with Crippen molar-refractivity contribution < 1.29 is 37.4 Å². The molecule has 0 spiro atoms. The minimum absolute atomic E-state index is 0.0240. The predicted molar refractivity (Wildman–Crippen MR) is 157 cm³/mol. The molecule has 0 bridgehead atoms. The number of methoxy groups -OCH3 is 1. The normalized spacial score (nSPS) is 18.0. The van der Waals surface area contributed by atoms with Crippen LogP contribution in [0, 0.1) is 17.6 Å². The van der Waals surface area contributed by atoms with Crippen molar-refractivity contribution in [3.05, 3.63) is 54.1 Å². The number of hydrogen-bond acceptors (Lipinski definition) is 9. The van der Waals surface area contributed by atoms with Gasteiger partial charge in [-0.3, -0.25) is 18.9 Å². The van der Waals surface area contributed by atoms with Crippen molar-refractivity contribution in [2.45, 2.75) is 32.4 Å². The molecule has 2 fully saturated rings. The number of aromatic nitrogens is 3. The number of carbonyl (C=O) groups is 4. The van der Waals surface area contributed by atoms with Crippen LogP contribution in [0.25, 0.3) is 5.78 Å². The molecule has 1 aromatic carbocycles. The monoisotopic (exact) mass is 628 g/mol. The molecule has 0 aliphatic carbocycles. The van der Waals surface area contributed by atoms with Gasteiger partial charge in [0.25, 0.3) is 5.91 Å². The van der Waals surface area contributed by atoms with Gasteiger partial charge in [0.2, 0.25) is 11.7 Å². The lowest BCUT2D eigenvalue weighted by atomic mass is 9.97. The zero-order valence-electron chi connectivity index (χ0n) is 25.0. The van der Waals surface area contributed by atoms with Crippen molar-refractivity contribution in [1.82, 2.24) is 29.9 Å². The van der Waals surface area contributed by atoms with Crippen LogP contribution in [0.3, 0.4) is 0 Å². The first kappa shape index (κ1) is 31.4. The van der Waals surface area contributed by atoms with Gasteiger partial charge in [0, 0.05) is 56.9 Å². The van der Waals surface area contributed by atoms with Gasteiger partial charge < -0.3 is 29.9 Å². The van der Waals surface area contributed by atoms with E-state index in [4.69, 9.17) is 4.74 Å². The van der Waals surface area contributed by atoms with E-state index in [0.29, 0.717) is 12.2 Å². The van der Waals surface area contributed by atoms with E-state index in [0.717, 1.165) is 17.0 Å². The fraction of sp³-hybridized carbons (Fsp3) is 0.448. The third-order valence-electron chi connectivity index (χ3n) is 7.99. The minimum atomic E-state index is -0.875. The van der Waals surface area contributed by atoms with Gasteiger partial charge in [-0.1, -0.05) is 20.3 Å².